The number of alkyl halides is 6. The Morgan fingerprint density at radius 1 is 1.00 bits per heavy atom. The fourth-order valence-electron chi connectivity index (χ4n) is 2.88. The summed E-state index contributed by atoms with van der Waals surface area (Å²) in [6.07, 6.45) is -11.3. The SMILES string of the molecule is O=C(CCC(F)(F)F)NCC(=O)c1ccc(/C(F)=C/C(c2cc(Cl)c(Cl)c(Cl)c2)C(F)(F)F)cc1I. The van der Waals surface area contributed by atoms with Crippen LogP contribution in [-0.4, -0.2) is 30.6 Å². The maximum Gasteiger partial charge on any atom is 0.399 e. The molecule has 1 atom stereocenters. The number of allylic oxidation sites excluding steroid dienone is 1. The number of rotatable bonds is 8. The van der Waals surface area contributed by atoms with Gasteiger partial charge in [-0.2, -0.15) is 26.3 Å². The summed E-state index contributed by atoms with van der Waals surface area (Å²) < 4.78 is 92.6. The minimum absolute atomic E-state index is 0.00749. The highest BCUT2D eigenvalue weighted by atomic mass is 127. The number of ketones is 1. The predicted molar refractivity (Wildman–Crippen MR) is 131 cm³/mol. The zero-order valence-corrected chi connectivity index (χ0v) is 22.1. The molecule has 1 amide bonds. The van der Waals surface area contributed by atoms with Crippen molar-refractivity contribution in [1.82, 2.24) is 5.32 Å². The molecular formula is C22H14Cl3F7INO2. The second kappa shape index (κ2) is 12.3. The molecule has 0 radical (unpaired) electrons. The number of hydrogen-bond acceptors (Lipinski definition) is 2. The zero-order valence-electron chi connectivity index (χ0n) is 17.6. The van der Waals surface area contributed by atoms with E-state index in [-0.39, 0.29) is 29.8 Å². The van der Waals surface area contributed by atoms with E-state index in [4.69, 9.17) is 34.8 Å². The van der Waals surface area contributed by atoms with E-state index < -0.39 is 60.7 Å². The van der Waals surface area contributed by atoms with Crippen LogP contribution in [0.4, 0.5) is 30.7 Å². The maximum absolute atomic E-state index is 14.9. The predicted octanol–water partition coefficient (Wildman–Crippen LogP) is 8.55. The summed E-state index contributed by atoms with van der Waals surface area (Å²) in [6, 6.07) is 5.15. The molecule has 14 heteroatoms. The lowest BCUT2D eigenvalue weighted by atomic mass is 9.96. The van der Waals surface area contributed by atoms with Gasteiger partial charge in [0.25, 0.3) is 0 Å². The molecule has 0 heterocycles. The first kappa shape index (κ1) is 30.7. The van der Waals surface area contributed by atoms with E-state index >= 15 is 0 Å². The molecule has 0 aliphatic carbocycles. The van der Waals surface area contributed by atoms with E-state index in [1.807, 2.05) is 0 Å². The second-order valence-corrected chi connectivity index (χ2v) is 9.70. The Labute approximate surface area is 229 Å². The fraction of sp³-hybridized carbons (Fsp3) is 0.273. The van der Waals surface area contributed by atoms with Crippen LogP contribution in [0.5, 0.6) is 0 Å². The van der Waals surface area contributed by atoms with Crippen molar-refractivity contribution >= 4 is 74.9 Å². The molecule has 1 N–H and O–H groups in total. The summed E-state index contributed by atoms with van der Waals surface area (Å²) in [4.78, 5) is 23.8. The number of carbonyl (C=O) groups is 2. The van der Waals surface area contributed by atoms with Gasteiger partial charge in [0.2, 0.25) is 5.91 Å². The standard InChI is InChI=1S/C22H14Cl3F7INO2/c23-14-5-11(6-15(24)20(14)25)13(22(30,31)32)8-16(26)10-1-2-12(17(33)7-10)18(35)9-34-19(36)3-4-21(27,28)29/h1-2,5-8,13H,3-4,9H2,(H,34,36)/b16-8-. The molecule has 1 unspecified atom stereocenters. The van der Waals surface area contributed by atoms with E-state index in [0.29, 0.717) is 6.08 Å². The summed E-state index contributed by atoms with van der Waals surface area (Å²) in [5.41, 5.74) is -0.725. The number of Topliss-reactive ketones (excluding diaryl/α,β-unsaturated/α-hetero) is 1. The molecule has 2 aromatic carbocycles. The molecule has 0 saturated heterocycles. The van der Waals surface area contributed by atoms with Crippen LogP contribution in [0.25, 0.3) is 5.83 Å². The molecular weight excluding hydrogens is 676 g/mol. The number of benzene rings is 2. The molecule has 0 fully saturated rings. The van der Waals surface area contributed by atoms with Crippen LogP contribution in [0.2, 0.25) is 15.1 Å². The molecule has 0 saturated carbocycles. The fourth-order valence-corrected chi connectivity index (χ4v) is 4.31. The van der Waals surface area contributed by atoms with Crippen LogP contribution < -0.4 is 5.32 Å². The van der Waals surface area contributed by atoms with Crippen molar-refractivity contribution in [1.29, 1.82) is 0 Å². The smallest absolute Gasteiger partial charge is 0.349 e. The normalized spacial score (nSPS) is 13.5. The first-order valence-electron chi connectivity index (χ1n) is 9.74. The summed E-state index contributed by atoms with van der Waals surface area (Å²) in [5.74, 6) is -5.34. The van der Waals surface area contributed by atoms with E-state index in [1.165, 1.54) is 0 Å². The van der Waals surface area contributed by atoms with Gasteiger partial charge in [-0.05, 0) is 58.5 Å². The molecule has 0 aromatic heterocycles. The lowest BCUT2D eigenvalue weighted by Crippen LogP contribution is -2.30. The minimum Gasteiger partial charge on any atom is -0.349 e. The Balaban J connectivity index is 2.23. The van der Waals surface area contributed by atoms with Gasteiger partial charge < -0.3 is 5.32 Å². The molecule has 36 heavy (non-hydrogen) atoms. The van der Waals surface area contributed by atoms with Crippen LogP contribution in [0.3, 0.4) is 0 Å². The summed E-state index contributed by atoms with van der Waals surface area (Å²) in [7, 11) is 0. The highest BCUT2D eigenvalue weighted by Gasteiger charge is 2.40. The molecule has 0 aliphatic rings. The van der Waals surface area contributed by atoms with Crippen LogP contribution in [0, 0.1) is 3.57 Å². The van der Waals surface area contributed by atoms with Crippen molar-refractivity contribution in [3.63, 3.8) is 0 Å². The zero-order chi connectivity index (χ0) is 27.4. The maximum atomic E-state index is 14.9. The van der Waals surface area contributed by atoms with E-state index in [0.717, 1.165) is 30.3 Å². The Kier molecular flexibility index (Phi) is 10.5. The summed E-state index contributed by atoms with van der Waals surface area (Å²) in [6.45, 7) is -0.613. The van der Waals surface area contributed by atoms with Crippen LogP contribution in [0.1, 0.15) is 40.2 Å². The molecule has 3 nitrogen and oxygen atoms in total. The molecule has 196 valence electrons. The van der Waals surface area contributed by atoms with Crippen molar-refractivity contribution < 1.29 is 40.3 Å². The van der Waals surface area contributed by atoms with E-state index in [1.54, 1.807) is 22.6 Å². The molecule has 2 aromatic rings. The summed E-state index contributed by atoms with van der Waals surface area (Å²) >= 11 is 19.0. The Morgan fingerprint density at radius 3 is 2.08 bits per heavy atom. The average Bonchev–Trinajstić information content (AvgIpc) is 2.76. The van der Waals surface area contributed by atoms with Crippen molar-refractivity contribution in [3.8, 4) is 0 Å². The topological polar surface area (TPSA) is 46.2 Å². The Hall–Kier alpha value is -1.57. The number of hydrogen-bond donors (Lipinski definition) is 1. The van der Waals surface area contributed by atoms with Gasteiger partial charge in [0.05, 0.1) is 28.0 Å². The average molecular weight is 691 g/mol. The number of halogens is 11. The first-order chi connectivity index (χ1) is 16.5. The highest BCUT2D eigenvalue weighted by molar-refractivity contribution is 14.1. The third kappa shape index (κ3) is 8.77. The highest BCUT2D eigenvalue weighted by Crippen LogP contribution is 2.42. The van der Waals surface area contributed by atoms with Gasteiger partial charge in [-0.1, -0.05) is 40.9 Å². The Bertz CT molecular complexity index is 1160. The Morgan fingerprint density at radius 2 is 1.58 bits per heavy atom. The largest absolute Gasteiger partial charge is 0.399 e. The van der Waals surface area contributed by atoms with Crippen molar-refractivity contribution in [3.05, 3.63) is 71.7 Å². The van der Waals surface area contributed by atoms with Gasteiger partial charge in [0.15, 0.2) is 5.78 Å². The summed E-state index contributed by atoms with van der Waals surface area (Å²) in [5, 5.41) is 1.41. The minimum atomic E-state index is -4.91. The third-order valence-corrected chi connectivity index (χ3v) is 6.75. The van der Waals surface area contributed by atoms with Gasteiger partial charge in [0.1, 0.15) is 11.7 Å². The van der Waals surface area contributed by atoms with Gasteiger partial charge in [0, 0.05) is 21.1 Å². The van der Waals surface area contributed by atoms with Crippen LogP contribution >= 0.6 is 57.4 Å². The van der Waals surface area contributed by atoms with Crippen molar-refractivity contribution in [2.45, 2.75) is 31.1 Å². The van der Waals surface area contributed by atoms with Gasteiger partial charge in [-0.3, -0.25) is 9.59 Å². The number of nitrogens with one attached hydrogen (secondary N) is 1. The van der Waals surface area contributed by atoms with Crippen LogP contribution in [0.15, 0.2) is 36.4 Å². The van der Waals surface area contributed by atoms with Gasteiger partial charge in [-0.25, -0.2) is 4.39 Å². The molecule has 2 rings (SSSR count). The lowest BCUT2D eigenvalue weighted by molar-refractivity contribution is -0.144. The van der Waals surface area contributed by atoms with Crippen molar-refractivity contribution in [2.24, 2.45) is 0 Å². The third-order valence-electron chi connectivity index (χ3n) is 4.66. The number of carbonyl (C=O) groups excluding carboxylic acids is 2. The molecule has 0 spiro atoms. The van der Waals surface area contributed by atoms with E-state index in [9.17, 15) is 40.3 Å². The first-order valence-corrected chi connectivity index (χ1v) is 12.0. The van der Waals surface area contributed by atoms with Crippen LogP contribution in [-0.2, 0) is 4.79 Å². The van der Waals surface area contributed by atoms with Gasteiger partial charge >= 0.3 is 12.4 Å². The molecule has 0 bridgehead atoms. The number of amides is 1. The second-order valence-electron chi connectivity index (χ2n) is 7.34. The monoisotopic (exact) mass is 689 g/mol. The van der Waals surface area contributed by atoms with Crippen molar-refractivity contribution in [2.75, 3.05) is 6.54 Å². The van der Waals surface area contributed by atoms with Gasteiger partial charge in [-0.15, -0.1) is 0 Å². The molecule has 0 aliphatic heterocycles. The van der Waals surface area contributed by atoms with E-state index in [2.05, 4.69) is 5.32 Å². The lowest BCUT2D eigenvalue weighted by Gasteiger charge is -2.19. The quantitative estimate of drug-likeness (QED) is 0.131.